The van der Waals surface area contributed by atoms with Gasteiger partial charge in [-0.05, 0) is 24.5 Å². The minimum atomic E-state index is 0.0389. The molecule has 1 amide bonds. The van der Waals surface area contributed by atoms with Crippen molar-refractivity contribution in [1.29, 1.82) is 0 Å². The Hall–Kier alpha value is -2.11. The summed E-state index contributed by atoms with van der Waals surface area (Å²) in [5.74, 6) is 4.62. The van der Waals surface area contributed by atoms with Gasteiger partial charge < -0.3 is 13.8 Å². The van der Waals surface area contributed by atoms with Crippen LogP contribution in [0, 0.1) is 5.92 Å². The molecular formula is C18H25N3O3. The molecule has 1 fully saturated rings. The molecule has 2 heterocycles. The van der Waals surface area contributed by atoms with E-state index in [-0.39, 0.29) is 11.8 Å². The Morgan fingerprint density at radius 2 is 2.17 bits per heavy atom. The van der Waals surface area contributed by atoms with E-state index in [1.165, 1.54) is 6.42 Å². The lowest BCUT2D eigenvalue weighted by Gasteiger charge is -2.15. The van der Waals surface area contributed by atoms with Gasteiger partial charge in [0.25, 0.3) is 0 Å². The number of carbonyl (C=O) groups excluding carboxylic acids is 1. The highest BCUT2D eigenvalue weighted by Gasteiger charge is 2.36. The Balaban J connectivity index is 1.48. The van der Waals surface area contributed by atoms with Crippen LogP contribution in [0.1, 0.15) is 68.7 Å². The molecule has 0 saturated heterocycles. The molecule has 0 radical (unpaired) electrons. The van der Waals surface area contributed by atoms with E-state index in [0.29, 0.717) is 42.9 Å². The van der Waals surface area contributed by atoms with Crippen molar-refractivity contribution < 1.29 is 13.7 Å². The molecule has 130 valence electrons. The number of nitrogens with zero attached hydrogens (tertiary/aromatic N) is 3. The lowest BCUT2D eigenvalue weighted by atomic mass is 10.2. The summed E-state index contributed by atoms with van der Waals surface area (Å²) >= 11 is 0. The van der Waals surface area contributed by atoms with E-state index in [2.05, 4.69) is 17.1 Å². The zero-order valence-electron chi connectivity index (χ0n) is 14.8. The fourth-order valence-corrected chi connectivity index (χ4v) is 2.73. The maximum atomic E-state index is 12.3. The Kier molecular flexibility index (Phi) is 4.73. The Morgan fingerprint density at radius 1 is 1.42 bits per heavy atom. The van der Waals surface area contributed by atoms with Gasteiger partial charge in [-0.3, -0.25) is 4.79 Å². The lowest BCUT2D eigenvalue weighted by molar-refractivity contribution is -0.130. The second-order valence-corrected chi connectivity index (χ2v) is 7.07. The van der Waals surface area contributed by atoms with E-state index in [4.69, 9.17) is 8.94 Å². The van der Waals surface area contributed by atoms with Crippen LogP contribution >= 0.6 is 0 Å². The topological polar surface area (TPSA) is 72.4 Å². The summed E-state index contributed by atoms with van der Waals surface area (Å²) in [7, 11) is 1.79. The Morgan fingerprint density at radius 3 is 2.79 bits per heavy atom. The first-order valence-electron chi connectivity index (χ1n) is 8.59. The number of furan rings is 1. The van der Waals surface area contributed by atoms with E-state index < -0.39 is 0 Å². The van der Waals surface area contributed by atoms with Crippen molar-refractivity contribution >= 4 is 5.91 Å². The highest BCUT2D eigenvalue weighted by atomic mass is 16.5. The maximum absolute atomic E-state index is 12.3. The molecule has 1 saturated carbocycles. The zero-order chi connectivity index (χ0) is 17.3. The average Bonchev–Trinajstić information content (AvgIpc) is 2.96. The summed E-state index contributed by atoms with van der Waals surface area (Å²) < 4.78 is 11.0. The number of carbonyl (C=O) groups is 1. The van der Waals surface area contributed by atoms with Crippen molar-refractivity contribution in [3.8, 4) is 0 Å². The largest absolute Gasteiger partial charge is 0.464 e. The molecule has 1 aliphatic rings. The van der Waals surface area contributed by atoms with E-state index in [1.54, 1.807) is 11.9 Å². The normalized spacial score (nSPS) is 19.7. The van der Waals surface area contributed by atoms with Crippen LogP contribution in [0.25, 0.3) is 0 Å². The van der Waals surface area contributed by atoms with Gasteiger partial charge >= 0.3 is 0 Å². The minimum Gasteiger partial charge on any atom is -0.464 e. The number of amides is 1. The van der Waals surface area contributed by atoms with Gasteiger partial charge in [0.2, 0.25) is 11.8 Å². The van der Waals surface area contributed by atoms with Crippen molar-refractivity contribution in [3.05, 3.63) is 35.4 Å². The molecule has 2 atom stereocenters. The van der Waals surface area contributed by atoms with Crippen LogP contribution in [0.2, 0.25) is 0 Å². The van der Waals surface area contributed by atoms with Crippen molar-refractivity contribution in [2.75, 3.05) is 7.05 Å². The molecule has 0 N–H and O–H groups in total. The van der Waals surface area contributed by atoms with Crippen LogP contribution in [0.3, 0.4) is 0 Å². The first-order chi connectivity index (χ1) is 11.4. The molecule has 3 rings (SSSR count). The fourth-order valence-electron chi connectivity index (χ4n) is 2.73. The van der Waals surface area contributed by atoms with Gasteiger partial charge in [0.15, 0.2) is 5.82 Å². The number of aromatic nitrogens is 2. The molecule has 24 heavy (non-hydrogen) atoms. The molecule has 0 aliphatic heterocycles. The zero-order valence-corrected chi connectivity index (χ0v) is 14.8. The SMILES string of the molecule is CC(C)c1noc(CCC(=O)N(C)Cc2ccc([C@@H]3C[C@H]3C)o2)n1. The van der Waals surface area contributed by atoms with Crippen LogP contribution in [0.15, 0.2) is 21.1 Å². The maximum Gasteiger partial charge on any atom is 0.227 e. The quantitative estimate of drug-likeness (QED) is 0.776. The van der Waals surface area contributed by atoms with E-state index in [9.17, 15) is 4.79 Å². The van der Waals surface area contributed by atoms with Gasteiger partial charge in [0.1, 0.15) is 11.5 Å². The predicted molar refractivity (Wildman–Crippen MR) is 88.4 cm³/mol. The van der Waals surface area contributed by atoms with Crippen molar-refractivity contribution in [3.63, 3.8) is 0 Å². The van der Waals surface area contributed by atoms with Crippen molar-refractivity contribution in [2.45, 2.75) is 58.4 Å². The third-order valence-corrected chi connectivity index (χ3v) is 4.53. The fraction of sp³-hybridized carbons (Fsp3) is 0.611. The number of aryl methyl sites for hydroxylation is 1. The summed E-state index contributed by atoms with van der Waals surface area (Å²) in [6.45, 7) is 6.73. The number of rotatable bonds is 7. The summed E-state index contributed by atoms with van der Waals surface area (Å²) in [4.78, 5) is 18.2. The summed E-state index contributed by atoms with van der Waals surface area (Å²) in [5.41, 5.74) is 0. The van der Waals surface area contributed by atoms with E-state index >= 15 is 0 Å². The van der Waals surface area contributed by atoms with Crippen LogP contribution in [0.5, 0.6) is 0 Å². The third-order valence-electron chi connectivity index (χ3n) is 4.53. The third kappa shape index (κ3) is 3.86. The average molecular weight is 331 g/mol. The molecule has 2 aromatic rings. The minimum absolute atomic E-state index is 0.0389. The monoisotopic (exact) mass is 331 g/mol. The van der Waals surface area contributed by atoms with Crippen LogP contribution < -0.4 is 0 Å². The van der Waals surface area contributed by atoms with Gasteiger partial charge in [-0.1, -0.05) is 25.9 Å². The molecular weight excluding hydrogens is 306 g/mol. The van der Waals surface area contributed by atoms with Gasteiger partial charge in [-0.25, -0.2) is 0 Å². The molecule has 2 aromatic heterocycles. The molecule has 6 heteroatoms. The highest BCUT2D eigenvalue weighted by Crippen LogP contribution is 2.47. The van der Waals surface area contributed by atoms with Gasteiger partial charge in [-0.2, -0.15) is 4.98 Å². The van der Waals surface area contributed by atoms with Gasteiger partial charge in [-0.15, -0.1) is 0 Å². The molecule has 0 spiro atoms. The molecule has 1 aliphatic carbocycles. The summed E-state index contributed by atoms with van der Waals surface area (Å²) in [6.07, 6.45) is 2.01. The van der Waals surface area contributed by atoms with Crippen LogP contribution in [0.4, 0.5) is 0 Å². The number of hydrogen-bond donors (Lipinski definition) is 0. The van der Waals surface area contributed by atoms with Crippen molar-refractivity contribution in [2.24, 2.45) is 5.92 Å². The lowest BCUT2D eigenvalue weighted by Crippen LogP contribution is -2.26. The molecule has 6 nitrogen and oxygen atoms in total. The standard InChI is InChI=1S/C18H25N3O3/c1-11(2)18-19-16(24-20-18)7-8-17(22)21(4)10-13-5-6-15(23-13)14-9-12(14)3/h5-6,11-12,14H,7-10H2,1-4H3/t12-,14-/m1/s1. The van der Waals surface area contributed by atoms with E-state index in [0.717, 1.165) is 11.5 Å². The summed E-state index contributed by atoms with van der Waals surface area (Å²) in [5, 5.41) is 3.91. The van der Waals surface area contributed by atoms with Crippen molar-refractivity contribution in [1.82, 2.24) is 15.0 Å². The second kappa shape index (κ2) is 6.79. The molecule has 0 aromatic carbocycles. The molecule has 0 bridgehead atoms. The number of hydrogen-bond acceptors (Lipinski definition) is 5. The van der Waals surface area contributed by atoms with E-state index in [1.807, 2.05) is 26.0 Å². The summed E-state index contributed by atoms with van der Waals surface area (Å²) in [6, 6.07) is 4.00. The molecule has 0 unspecified atom stereocenters. The predicted octanol–water partition coefficient (Wildman–Crippen LogP) is 3.50. The first kappa shape index (κ1) is 16.7. The Labute approximate surface area is 142 Å². The smallest absolute Gasteiger partial charge is 0.227 e. The first-order valence-corrected chi connectivity index (χ1v) is 8.59. The van der Waals surface area contributed by atoms with Gasteiger partial charge in [0, 0.05) is 31.7 Å². The van der Waals surface area contributed by atoms with Crippen LogP contribution in [-0.2, 0) is 17.8 Å². The van der Waals surface area contributed by atoms with Crippen LogP contribution in [-0.4, -0.2) is 28.0 Å². The highest BCUT2D eigenvalue weighted by molar-refractivity contribution is 5.75. The second-order valence-electron chi connectivity index (χ2n) is 7.07. The van der Waals surface area contributed by atoms with Gasteiger partial charge in [0.05, 0.1) is 6.54 Å². The Bertz CT molecular complexity index is 704.